The fraction of sp³-hybridized carbons (Fsp3) is 0.154. The summed E-state index contributed by atoms with van der Waals surface area (Å²) in [5.74, 6) is -0.0117. The molecule has 3 heteroatoms. The van der Waals surface area contributed by atoms with Gasteiger partial charge in [-0.2, -0.15) is 0 Å². The van der Waals surface area contributed by atoms with Gasteiger partial charge >= 0.3 is 0 Å². The van der Waals surface area contributed by atoms with Crippen molar-refractivity contribution in [3.8, 4) is 0 Å². The molecule has 82 valence electrons. The number of rotatable bonds is 3. The van der Waals surface area contributed by atoms with E-state index in [-0.39, 0.29) is 5.91 Å². The first-order valence-corrected chi connectivity index (χ1v) is 5.28. The zero-order valence-electron chi connectivity index (χ0n) is 8.97. The van der Waals surface area contributed by atoms with Gasteiger partial charge in [0, 0.05) is 18.1 Å². The average molecular weight is 214 g/mol. The van der Waals surface area contributed by atoms with Crippen molar-refractivity contribution >= 4 is 11.6 Å². The Labute approximate surface area is 95.1 Å². The van der Waals surface area contributed by atoms with Crippen molar-refractivity contribution < 1.29 is 4.79 Å². The third-order valence-electron chi connectivity index (χ3n) is 2.25. The highest BCUT2D eigenvalue weighted by Gasteiger charge is 2.05. The largest absolute Gasteiger partial charge is 0.346 e. The first-order chi connectivity index (χ1) is 7.84. The first-order valence-electron chi connectivity index (χ1n) is 5.28. The molecule has 1 aliphatic rings. The Kier molecular flexibility index (Phi) is 3.38. The minimum absolute atomic E-state index is 0.0117. The van der Waals surface area contributed by atoms with E-state index in [1.54, 1.807) is 0 Å². The van der Waals surface area contributed by atoms with Crippen LogP contribution in [0.3, 0.4) is 0 Å². The molecule has 0 aliphatic carbocycles. The van der Waals surface area contributed by atoms with E-state index in [9.17, 15) is 4.79 Å². The fourth-order valence-corrected chi connectivity index (χ4v) is 1.51. The predicted molar refractivity (Wildman–Crippen MR) is 64.7 cm³/mol. The van der Waals surface area contributed by atoms with E-state index in [4.69, 9.17) is 0 Å². The van der Waals surface area contributed by atoms with E-state index in [1.165, 1.54) is 0 Å². The fourth-order valence-electron chi connectivity index (χ4n) is 1.51. The summed E-state index contributed by atoms with van der Waals surface area (Å²) in [5, 5.41) is 2.84. The highest BCUT2D eigenvalue weighted by molar-refractivity contribution is 5.92. The second kappa shape index (κ2) is 5.16. The molecule has 3 nitrogen and oxygen atoms in total. The lowest BCUT2D eigenvalue weighted by atomic mass is 10.3. The van der Waals surface area contributed by atoms with Gasteiger partial charge in [0.25, 0.3) is 0 Å². The van der Waals surface area contributed by atoms with Crippen molar-refractivity contribution in [3.05, 3.63) is 54.9 Å². The summed E-state index contributed by atoms with van der Waals surface area (Å²) in [6, 6.07) is 9.47. The highest BCUT2D eigenvalue weighted by atomic mass is 16.2. The van der Waals surface area contributed by atoms with Gasteiger partial charge in [-0.25, -0.2) is 0 Å². The quantitative estimate of drug-likeness (QED) is 0.837. The molecule has 0 atom stereocenters. The summed E-state index contributed by atoms with van der Waals surface area (Å²) in [6.07, 6.45) is 8.83. The van der Waals surface area contributed by atoms with Gasteiger partial charge in [-0.1, -0.05) is 30.4 Å². The number of benzene rings is 1. The Morgan fingerprint density at radius 1 is 1.19 bits per heavy atom. The van der Waals surface area contributed by atoms with Crippen LogP contribution >= 0.6 is 0 Å². The van der Waals surface area contributed by atoms with Crippen molar-refractivity contribution in [1.29, 1.82) is 0 Å². The van der Waals surface area contributed by atoms with Crippen LogP contribution in [0.2, 0.25) is 0 Å². The van der Waals surface area contributed by atoms with Crippen molar-refractivity contribution in [2.24, 2.45) is 0 Å². The van der Waals surface area contributed by atoms with E-state index in [0.717, 1.165) is 12.1 Å². The third-order valence-corrected chi connectivity index (χ3v) is 2.25. The van der Waals surface area contributed by atoms with Gasteiger partial charge in [-0.15, -0.1) is 0 Å². The highest BCUT2D eigenvalue weighted by Crippen LogP contribution is 2.06. The second-order valence-corrected chi connectivity index (χ2v) is 3.59. The molecule has 2 rings (SSSR count). The number of carbonyl (C=O) groups is 1. The van der Waals surface area contributed by atoms with E-state index >= 15 is 0 Å². The van der Waals surface area contributed by atoms with Crippen molar-refractivity contribution in [3.63, 3.8) is 0 Å². The van der Waals surface area contributed by atoms with E-state index < -0.39 is 0 Å². The number of nitrogens with zero attached hydrogens (tertiary/aromatic N) is 1. The third kappa shape index (κ3) is 2.98. The number of hydrogen-bond donors (Lipinski definition) is 1. The molecule has 1 aromatic carbocycles. The second-order valence-electron chi connectivity index (χ2n) is 3.59. The number of allylic oxidation sites excluding steroid dienone is 2. The maximum Gasteiger partial charge on any atom is 0.244 e. The van der Waals surface area contributed by atoms with Crippen molar-refractivity contribution in [2.75, 3.05) is 11.9 Å². The van der Waals surface area contributed by atoms with Gasteiger partial charge in [-0.05, 0) is 18.6 Å². The zero-order chi connectivity index (χ0) is 11.2. The molecular weight excluding hydrogens is 200 g/mol. The minimum atomic E-state index is -0.0117. The summed E-state index contributed by atoms with van der Waals surface area (Å²) < 4.78 is 0. The number of nitrogens with one attached hydrogen (secondary N) is 1. The van der Waals surface area contributed by atoms with Crippen LogP contribution in [0.1, 0.15) is 6.42 Å². The molecule has 1 N–H and O–H groups in total. The summed E-state index contributed by atoms with van der Waals surface area (Å²) in [6.45, 7) is 0.349. The van der Waals surface area contributed by atoms with Crippen LogP contribution in [0, 0.1) is 0 Å². The molecule has 0 spiro atoms. The Morgan fingerprint density at radius 2 is 1.88 bits per heavy atom. The lowest BCUT2D eigenvalue weighted by molar-refractivity contribution is -0.116. The minimum Gasteiger partial charge on any atom is -0.346 e. The molecule has 0 saturated heterocycles. The van der Waals surface area contributed by atoms with Gasteiger partial charge in [-0.3, -0.25) is 4.79 Å². The van der Waals surface area contributed by atoms with Crippen LogP contribution < -0.4 is 5.32 Å². The smallest absolute Gasteiger partial charge is 0.244 e. The monoisotopic (exact) mass is 214 g/mol. The molecule has 1 amide bonds. The Bertz CT molecular complexity index is 397. The van der Waals surface area contributed by atoms with Gasteiger partial charge < -0.3 is 10.2 Å². The van der Waals surface area contributed by atoms with Gasteiger partial charge in [0.15, 0.2) is 0 Å². The molecular formula is C13H14N2O. The number of para-hydroxylation sites is 1. The molecule has 1 aromatic rings. The van der Waals surface area contributed by atoms with Crippen molar-refractivity contribution in [1.82, 2.24) is 4.90 Å². The molecule has 0 unspecified atom stereocenters. The van der Waals surface area contributed by atoms with Crippen LogP contribution in [0.5, 0.6) is 0 Å². The standard InChI is InChI=1S/C13H14N2O/c16-13(11-15-9-5-2-6-10-15)14-12-7-3-1-4-8-12/h1,3-10H,2,11H2,(H,14,16). The molecule has 0 radical (unpaired) electrons. The first kappa shape index (κ1) is 10.5. The molecule has 1 heterocycles. The van der Waals surface area contributed by atoms with Gasteiger partial charge in [0.1, 0.15) is 6.54 Å². The molecule has 0 saturated carbocycles. The number of carbonyl (C=O) groups excluding carboxylic acids is 1. The molecule has 0 bridgehead atoms. The Morgan fingerprint density at radius 3 is 2.56 bits per heavy atom. The van der Waals surface area contributed by atoms with Crippen molar-refractivity contribution in [2.45, 2.75) is 6.42 Å². The maximum absolute atomic E-state index is 11.7. The van der Waals surface area contributed by atoms with E-state index in [1.807, 2.05) is 59.8 Å². The summed E-state index contributed by atoms with van der Waals surface area (Å²) in [7, 11) is 0. The normalized spacial score (nSPS) is 13.9. The lowest BCUT2D eigenvalue weighted by Crippen LogP contribution is -2.26. The number of anilines is 1. The summed E-state index contributed by atoms with van der Waals surface area (Å²) in [5.41, 5.74) is 0.831. The maximum atomic E-state index is 11.7. The van der Waals surface area contributed by atoms with Gasteiger partial charge in [0.05, 0.1) is 0 Å². The molecule has 0 fully saturated rings. The van der Waals surface area contributed by atoms with E-state index in [0.29, 0.717) is 6.54 Å². The predicted octanol–water partition coefficient (Wildman–Crippen LogP) is 2.36. The summed E-state index contributed by atoms with van der Waals surface area (Å²) >= 11 is 0. The SMILES string of the molecule is O=C(CN1C=CCC=C1)Nc1ccccc1. The molecule has 1 aliphatic heterocycles. The van der Waals surface area contributed by atoms with Crippen LogP contribution in [0.15, 0.2) is 54.9 Å². The Balaban J connectivity index is 1.87. The number of hydrogen-bond acceptors (Lipinski definition) is 2. The number of amides is 1. The van der Waals surface area contributed by atoms with Crippen LogP contribution in [-0.2, 0) is 4.79 Å². The molecule has 16 heavy (non-hydrogen) atoms. The zero-order valence-corrected chi connectivity index (χ0v) is 8.97. The van der Waals surface area contributed by atoms with Crippen LogP contribution in [0.4, 0.5) is 5.69 Å². The lowest BCUT2D eigenvalue weighted by Gasteiger charge is -2.17. The average Bonchev–Trinajstić information content (AvgIpc) is 2.31. The summed E-state index contributed by atoms with van der Waals surface area (Å²) in [4.78, 5) is 13.5. The molecule has 0 aromatic heterocycles. The van der Waals surface area contributed by atoms with E-state index in [2.05, 4.69) is 5.32 Å². The topological polar surface area (TPSA) is 32.3 Å². The van der Waals surface area contributed by atoms with Gasteiger partial charge in [0.2, 0.25) is 5.91 Å². The van der Waals surface area contributed by atoms with Crippen LogP contribution in [-0.4, -0.2) is 17.4 Å². The Hall–Kier alpha value is -2.03. The van der Waals surface area contributed by atoms with Crippen LogP contribution in [0.25, 0.3) is 0 Å².